The molecule has 0 aromatic rings. The van der Waals surface area contributed by atoms with Gasteiger partial charge in [0, 0.05) is 19.3 Å². The van der Waals surface area contributed by atoms with Gasteiger partial charge in [0.1, 0.15) is 13.2 Å². The number of unbranched alkanes of at least 4 members (excludes halogenated alkanes) is 39. The summed E-state index contributed by atoms with van der Waals surface area (Å²) in [4.78, 5) is 38.2. The average Bonchev–Trinajstić information content (AvgIpc) is 3.29. The van der Waals surface area contributed by atoms with Crippen molar-refractivity contribution in [3.63, 3.8) is 0 Å². The molecule has 0 spiro atoms. The molecule has 66 heavy (non-hydrogen) atoms. The maximum Gasteiger partial charge on any atom is 0.306 e. The largest absolute Gasteiger partial charge is 0.462 e. The van der Waals surface area contributed by atoms with Gasteiger partial charge in [-0.3, -0.25) is 14.4 Å². The SMILES string of the molecule is CCCCCCCCCCCCCCCCCC(=O)OC[C@H](COC(=O)CCCCCCCCCCCCCCCC(C)C)OC(=O)CCCCCCCCCCCCCCCCC(C)C. The van der Waals surface area contributed by atoms with Crippen LogP contribution in [-0.4, -0.2) is 37.2 Å². The summed E-state index contributed by atoms with van der Waals surface area (Å²) in [5, 5.41) is 0. The third-order valence-corrected chi connectivity index (χ3v) is 13.7. The molecule has 6 heteroatoms. The summed E-state index contributed by atoms with van der Waals surface area (Å²) in [7, 11) is 0. The van der Waals surface area contributed by atoms with Crippen molar-refractivity contribution >= 4 is 17.9 Å². The van der Waals surface area contributed by atoms with Gasteiger partial charge in [-0.2, -0.15) is 0 Å². The van der Waals surface area contributed by atoms with Crippen LogP contribution in [0.15, 0.2) is 0 Å². The van der Waals surface area contributed by atoms with Gasteiger partial charge in [0.25, 0.3) is 0 Å². The molecule has 0 aliphatic carbocycles. The Morgan fingerprint density at radius 1 is 0.288 bits per heavy atom. The van der Waals surface area contributed by atoms with Crippen molar-refractivity contribution in [2.75, 3.05) is 13.2 Å². The molecule has 0 aliphatic rings. The van der Waals surface area contributed by atoms with Gasteiger partial charge in [-0.15, -0.1) is 0 Å². The lowest BCUT2D eigenvalue weighted by atomic mass is 10.0. The van der Waals surface area contributed by atoms with Gasteiger partial charge >= 0.3 is 17.9 Å². The highest BCUT2D eigenvalue weighted by Gasteiger charge is 2.19. The number of hydrogen-bond acceptors (Lipinski definition) is 6. The van der Waals surface area contributed by atoms with Crippen molar-refractivity contribution in [3.05, 3.63) is 0 Å². The van der Waals surface area contributed by atoms with Crippen LogP contribution in [0, 0.1) is 11.8 Å². The average molecular weight is 934 g/mol. The second-order valence-corrected chi connectivity index (χ2v) is 21.6. The monoisotopic (exact) mass is 933 g/mol. The summed E-state index contributed by atoms with van der Waals surface area (Å²) in [6, 6.07) is 0. The quantitative estimate of drug-likeness (QED) is 0.0343. The predicted octanol–water partition coefficient (Wildman–Crippen LogP) is 19.7. The molecule has 0 unspecified atom stereocenters. The Hall–Kier alpha value is -1.59. The molecular formula is C60H116O6. The van der Waals surface area contributed by atoms with E-state index in [2.05, 4.69) is 34.6 Å². The lowest BCUT2D eigenvalue weighted by Gasteiger charge is -2.18. The number of esters is 3. The zero-order valence-corrected chi connectivity index (χ0v) is 45.3. The number of carbonyl (C=O) groups excluding carboxylic acids is 3. The molecule has 0 bridgehead atoms. The molecule has 0 N–H and O–H groups in total. The van der Waals surface area contributed by atoms with Crippen molar-refractivity contribution in [1.82, 2.24) is 0 Å². The van der Waals surface area contributed by atoms with Gasteiger partial charge in [-0.25, -0.2) is 0 Å². The lowest BCUT2D eigenvalue weighted by molar-refractivity contribution is -0.167. The van der Waals surface area contributed by atoms with E-state index in [-0.39, 0.29) is 31.1 Å². The molecule has 0 radical (unpaired) electrons. The first-order valence-corrected chi connectivity index (χ1v) is 29.7. The summed E-state index contributed by atoms with van der Waals surface area (Å²) in [6.07, 6.45) is 56.6. The van der Waals surface area contributed by atoms with Crippen LogP contribution in [0.2, 0.25) is 0 Å². The molecule has 0 aliphatic heterocycles. The third kappa shape index (κ3) is 53.4. The van der Waals surface area contributed by atoms with E-state index < -0.39 is 6.10 Å². The second kappa shape index (κ2) is 52.8. The van der Waals surface area contributed by atoms with E-state index in [9.17, 15) is 14.4 Å². The van der Waals surface area contributed by atoms with Gasteiger partial charge in [0.05, 0.1) is 0 Å². The first-order chi connectivity index (χ1) is 32.2. The Morgan fingerprint density at radius 2 is 0.500 bits per heavy atom. The van der Waals surface area contributed by atoms with E-state index in [0.29, 0.717) is 19.3 Å². The smallest absolute Gasteiger partial charge is 0.306 e. The first-order valence-electron chi connectivity index (χ1n) is 29.7. The fourth-order valence-electron chi connectivity index (χ4n) is 9.23. The highest BCUT2D eigenvalue weighted by Crippen LogP contribution is 2.18. The maximum absolute atomic E-state index is 12.9. The standard InChI is InChI=1S/C60H116O6/c1-6-7-8-9-10-11-12-13-14-20-25-30-35-40-45-50-58(61)64-53-57(54-65-59(62)51-46-41-36-31-26-22-17-19-24-29-34-39-44-49-56(4)5)66-60(63)52-47-42-37-32-27-21-16-15-18-23-28-33-38-43-48-55(2)3/h55-57H,6-54H2,1-5H3/t57-/m1/s1. The number of carbonyl (C=O) groups is 3. The number of hydrogen-bond donors (Lipinski definition) is 0. The van der Waals surface area contributed by atoms with E-state index in [4.69, 9.17) is 14.2 Å². The van der Waals surface area contributed by atoms with Crippen molar-refractivity contribution < 1.29 is 28.6 Å². The number of ether oxygens (including phenoxy) is 3. The fourth-order valence-corrected chi connectivity index (χ4v) is 9.23. The van der Waals surface area contributed by atoms with Gasteiger partial charge in [0.2, 0.25) is 0 Å². The maximum atomic E-state index is 12.9. The minimum atomic E-state index is -0.763. The van der Waals surface area contributed by atoms with Crippen LogP contribution in [0.1, 0.15) is 336 Å². The van der Waals surface area contributed by atoms with Crippen LogP contribution in [0.4, 0.5) is 0 Å². The van der Waals surface area contributed by atoms with E-state index in [1.807, 2.05) is 0 Å². The molecule has 0 fully saturated rings. The van der Waals surface area contributed by atoms with E-state index in [0.717, 1.165) is 69.6 Å². The molecule has 0 aromatic carbocycles. The molecule has 0 rings (SSSR count). The van der Waals surface area contributed by atoms with Crippen LogP contribution in [0.25, 0.3) is 0 Å². The number of rotatable bonds is 54. The van der Waals surface area contributed by atoms with E-state index in [1.165, 1.54) is 225 Å². The van der Waals surface area contributed by atoms with Gasteiger partial charge < -0.3 is 14.2 Å². The zero-order chi connectivity index (χ0) is 48.2. The molecule has 1 atom stereocenters. The Morgan fingerprint density at radius 3 is 0.742 bits per heavy atom. The summed E-state index contributed by atoms with van der Waals surface area (Å²) in [5.74, 6) is 0.847. The summed E-state index contributed by atoms with van der Waals surface area (Å²) in [5.41, 5.74) is 0. The van der Waals surface area contributed by atoms with Crippen molar-refractivity contribution in [1.29, 1.82) is 0 Å². The van der Waals surface area contributed by atoms with Crippen molar-refractivity contribution in [3.8, 4) is 0 Å². The van der Waals surface area contributed by atoms with Gasteiger partial charge in [-0.1, -0.05) is 298 Å². The first kappa shape index (κ1) is 64.4. The van der Waals surface area contributed by atoms with E-state index in [1.54, 1.807) is 0 Å². The van der Waals surface area contributed by atoms with Crippen LogP contribution >= 0.6 is 0 Å². The molecule has 392 valence electrons. The Labute approximate surface area is 412 Å². The summed E-state index contributed by atoms with van der Waals surface area (Å²) in [6.45, 7) is 11.4. The Bertz CT molecular complexity index is 1010. The molecule has 0 saturated heterocycles. The van der Waals surface area contributed by atoms with Crippen LogP contribution in [-0.2, 0) is 28.6 Å². The van der Waals surface area contributed by atoms with Gasteiger partial charge in [-0.05, 0) is 31.1 Å². The molecule has 0 aromatic heterocycles. The summed E-state index contributed by atoms with van der Waals surface area (Å²) < 4.78 is 16.9. The van der Waals surface area contributed by atoms with Gasteiger partial charge in [0.15, 0.2) is 6.10 Å². The second-order valence-electron chi connectivity index (χ2n) is 21.6. The lowest BCUT2D eigenvalue weighted by Crippen LogP contribution is -2.30. The molecule has 6 nitrogen and oxygen atoms in total. The van der Waals surface area contributed by atoms with Crippen LogP contribution in [0.3, 0.4) is 0 Å². The Balaban J connectivity index is 4.30. The topological polar surface area (TPSA) is 78.9 Å². The Kier molecular flexibility index (Phi) is 51.5. The highest BCUT2D eigenvalue weighted by molar-refractivity contribution is 5.71. The third-order valence-electron chi connectivity index (χ3n) is 13.7. The normalized spacial score (nSPS) is 12.0. The molecule has 0 heterocycles. The predicted molar refractivity (Wildman–Crippen MR) is 284 cm³/mol. The molecule has 0 amide bonds. The molecule has 0 saturated carbocycles. The minimum absolute atomic E-state index is 0.0623. The zero-order valence-electron chi connectivity index (χ0n) is 45.3. The van der Waals surface area contributed by atoms with Crippen LogP contribution < -0.4 is 0 Å². The van der Waals surface area contributed by atoms with Crippen molar-refractivity contribution in [2.45, 2.75) is 343 Å². The van der Waals surface area contributed by atoms with Crippen LogP contribution in [0.5, 0.6) is 0 Å². The summed E-state index contributed by atoms with van der Waals surface area (Å²) >= 11 is 0. The van der Waals surface area contributed by atoms with Crippen molar-refractivity contribution in [2.24, 2.45) is 11.8 Å². The highest BCUT2D eigenvalue weighted by atomic mass is 16.6. The molecular weight excluding hydrogens is 817 g/mol. The minimum Gasteiger partial charge on any atom is -0.462 e. The fraction of sp³-hybridized carbons (Fsp3) is 0.950. The van der Waals surface area contributed by atoms with E-state index >= 15 is 0 Å².